The number of nitrogens with one attached hydrogen (secondary N) is 1. The fourth-order valence-corrected chi connectivity index (χ4v) is 3.67. The maximum atomic E-state index is 13.1. The highest BCUT2D eigenvalue weighted by Crippen LogP contribution is 2.33. The van der Waals surface area contributed by atoms with Crippen LogP contribution in [0.25, 0.3) is 0 Å². The summed E-state index contributed by atoms with van der Waals surface area (Å²) < 4.78 is 13.0. The van der Waals surface area contributed by atoms with Crippen molar-refractivity contribution in [1.82, 2.24) is 4.98 Å². The van der Waals surface area contributed by atoms with Crippen LogP contribution in [0.3, 0.4) is 0 Å². The number of halogens is 1. The number of anilines is 2. The Morgan fingerprint density at radius 1 is 1.18 bits per heavy atom. The fourth-order valence-electron chi connectivity index (χ4n) is 3.67. The summed E-state index contributed by atoms with van der Waals surface area (Å²) in [5.41, 5.74) is 4.60. The SMILES string of the molecule is CC1Cc2ccccc2N1C(=O)c1cncc(NCCc2ccc(F)cc2)c1. The number of nitrogens with zero attached hydrogens (tertiary/aromatic N) is 2. The predicted molar refractivity (Wildman–Crippen MR) is 109 cm³/mol. The molecule has 1 aliphatic rings. The van der Waals surface area contributed by atoms with Crippen LogP contribution in [-0.4, -0.2) is 23.5 Å². The topological polar surface area (TPSA) is 45.2 Å². The molecular weight excluding hydrogens is 353 g/mol. The summed E-state index contributed by atoms with van der Waals surface area (Å²) in [5, 5.41) is 3.30. The van der Waals surface area contributed by atoms with E-state index in [0.717, 1.165) is 29.8 Å². The van der Waals surface area contributed by atoms with Crippen molar-refractivity contribution in [1.29, 1.82) is 0 Å². The Balaban J connectivity index is 1.45. The maximum absolute atomic E-state index is 13.1. The second-order valence-electron chi connectivity index (χ2n) is 7.12. The number of pyridine rings is 1. The Kier molecular flexibility index (Phi) is 5.06. The molecule has 1 aliphatic heterocycles. The van der Waals surface area contributed by atoms with E-state index in [9.17, 15) is 9.18 Å². The van der Waals surface area contributed by atoms with Crippen LogP contribution in [0.2, 0.25) is 0 Å². The number of para-hydroxylation sites is 1. The smallest absolute Gasteiger partial charge is 0.260 e. The van der Waals surface area contributed by atoms with E-state index in [1.807, 2.05) is 29.2 Å². The first-order valence-electron chi connectivity index (χ1n) is 9.46. The number of hydrogen-bond acceptors (Lipinski definition) is 3. The molecule has 28 heavy (non-hydrogen) atoms. The highest BCUT2D eigenvalue weighted by Gasteiger charge is 2.31. The third-order valence-electron chi connectivity index (χ3n) is 5.07. The molecule has 0 spiro atoms. The van der Waals surface area contributed by atoms with Crippen LogP contribution in [0.1, 0.15) is 28.4 Å². The van der Waals surface area contributed by atoms with Crippen molar-refractivity contribution in [3.8, 4) is 0 Å². The average Bonchev–Trinajstić information content (AvgIpc) is 3.05. The van der Waals surface area contributed by atoms with Crippen molar-refractivity contribution >= 4 is 17.3 Å². The van der Waals surface area contributed by atoms with Gasteiger partial charge in [-0.3, -0.25) is 9.78 Å². The fraction of sp³-hybridized carbons (Fsp3) is 0.217. The van der Waals surface area contributed by atoms with Gasteiger partial charge in [0.1, 0.15) is 5.82 Å². The van der Waals surface area contributed by atoms with E-state index in [4.69, 9.17) is 0 Å². The number of aromatic nitrogens is 1. The van der Waals surface area contributed by atoms with E-state index in [0.29, 0.717) is 12.1 Å². The third kappa shape index (κ3) is 3.74. The molecule has 3 aromatic rings. The van der Waals surface area contributed by atoms with E-state index >= 15 is 0 Å². The van der Waals surface area contributed by atoms with Gasteiger partial charge in [-0.25, -0.2) is 4.39 Å². The summed E-state index contributed by atoms with van der Waals surface area (Å²) in [6.07, 6.45) is 4.95. The summed E-state index contributed by atoms with van der Waals surface area (Å²) in [5.74, 6) is -0.267. The van der Waals surface area contributed by atoms with Gasteiger partial charge in [0.15, 0.2) is 0 Å². The van der Waals surface area contributed by atoms with Gasteiger partial charge in [-0.15, -0.1) is 0 Å². The van der Waals surface area contributed by atoms with E-state index in [1.165, 1.54) is 17.7 Å². The van der Waals surface area contributed by atoms with Crippen LogP contribution >= 0.6 is 0 Å². The van der Waals surface area contributed by atoms with Crippen LogP contribution in [0, 0.1) is 5.82 Å². The molecule has 0 radical (unpaired) electrons. The number of carbonyl (C=O) groups excluding carboxylic acids is 1. The first-order valence-corrected chi connectivity index (χ1v) is 9.46. The molecule has 4 nitrogen and oxygen atoms in total. The zero-order valence-electron chi connectivity index (χ0n) is 15.7. The van der Waals surface area contributed by atoms with Crippen molar-refractivity contribution in [2.45, 2.75) is 25.8 Å². The summed E-state index contributed by atoms with van der Waals surface area (Å²) in [7, 11) is 0. The van der Waals surface area contributed by atoms with Gasteiger partial charge in [-0.2, -0.15) is 0 Å². The molecule has 0 bridgehead atoms. The van der Waals surface area contributed by atoms with Crippen molar-refractivity contribution in [2.24, 2.45) is 0 Å². The summed E-state index contributed by atoms with van der Waals surface area (Å²) in [6.45, 7) is 2.74. The summed E-state index contributed by atoms with van der Waals surface area (Å²) in [6, 6.07) is 16.5. The van der Waals surface area contributed by atoms with Gasteiger partial charge in [-0.05, 0) is 55.2 Å². The molecule has 1 unspecified atom stereocenters. The molecule has 1 amide bonds. The Hall–Kier alpha value is -3.21. The molecule has 4 rings (SSSR count). The number of rotatable bonds is 5. The molecule has 142 valence electrons. The minimum Gasteiger partial charge on any atom is -0.383 e. The van der Waals surface area contributed by atoms with Gasteiger partial charge >= 0.3 is 0 Å². The molecule has 0 saturated carbocycles. The number of amides is 1. The Labute approximate surface area is 164 Å². The number of benzene rings is 2. The molecule has 0 aliphatic carbocycles. The van der Waals surface area contributed by atoms with Gasteiger partial charge in [-0.1, -0.05) is 30.3 Å². The molecular formula is C23H22FN3O. The van der Waals surface area contributed by atoms with Gasteiger partial charge in [0.25, 0.3) is 5.91 Å². The lowest BCUT2D eigenvalue weighted by Crippen LogP contribution is -2.35. The minimum atomic E-state index is -0.232. The Bertz CT molecular complexity index is 987. The highest BCUT2D eigenvalue weighted by molar-refractivity contribution is 6.08. The standard InChI is InChI=1S/C23H22FN3O/c1-16-12-18-4-2-3-5-22(18)27(16)23(28)19-13-21(15-25-14-19)26-11-10-17-6-8-20(24)9-7-17/h2-9,13-16,26H,10-12H2,1H3. The van der Waals surface area contributed by atoms with Crippen LogP contribution in [-0.2, 0) is 12.8 Å². The van der Waals surface area contributed by atoms with E-state index in [1.54, 1.807) is 24.5 Å². The summed E-state index contributed by atoms with van der Waals surface area (Å²) >= 11 is 0. The second kappa shape index (κ2) is 7.80. The lowest BCUT2D eigenvalue weighted by Gasteiger charge is -2.23. The highest BCUT2D eigenvalue weighted by atomic mass is 19.1. The first kappa shape index (κ1) is 18.2. The largest absolute Gasteiger partial charge is 0.383 e. The third-order valence-corrected chi connectivity index (χ3v) is 5.07. The quantitative estimate of drug-likeness (QED) is 0.716. The van der Waals surface area contributed by atoms with Crippen LogP contribution in [0.4, 0.5) is 15.8 Å². The van der Waals surface area contributed by atoms with Crippen LogP contribution in [0.5, 0.6) is 0 Å². The molecule has 2 heterocycles. The zero-order valence-corrected chi connectivity index (χ0v) is 15.7. The van der Waals surface area contributed by atoms with Crippen LogP contribution in [0.15, 0.2) is 67.0 Å². The molecule has 1 N–H and O–H groups in total. The van der Waals surface area contributed by atoms with Crippen molar-refractivity contribution in [2.75, 3.05) is 16.8 Å². The monoisotopic (exact) mass is 375 g/mol. The van der Waals surface area contributed by atoms with Crippen molar-refractivity contribution in [3.63, 3.8) is 0 Å². The normalized spacial score (nSPS) is 15.4. The van der Waals surface area contributed by atoms with E-state index < -0.39 is 0 Å². The van der Waals surface area contributed by atoms with Gasteiger partial charge in [0.05, 0.1) is 11.3 Å². The first-order chi connectivity index (χ1) is 13.6. The molecule has 0 fully saturated rings. The minimum absolute atomic E-state index is 0.0351. The lowest BCUT2D eigenvalue weighted by atomic mass is 10.1. The van der Waals surface area contributed by atoms with Gasteiger partial charge in [0.2, 0.25) is 0 Å². The van der Waals surface area contributed by atoms with Gasteiger partial charge in [0, 0.05) is 30.7 Å². The van der Waals surface area contributed by atoms with Gasteiger partial charge < -0.3 is 10.2 Å². The Morgan fingerprint density at radius 3 is 2.79 bits per heavy atom. The number of carbonyl (C=O) groups is 1. The molecule has 5 heteroatoms. The molecule has 2 aromatic carbocycles. The number of fused-ring (bicyclic) bond motifs is 1. The average molecular weight is 375 g/mol. The van der Waals surface area contributed by atoms with Crippen molar-refractivity contribution < 1.29 is 9.18 Å². The van der Waals surface area contributed by atoms with Crippen molar-refractivity contribution in [3.05, 3.63) is 89.5 Å². The Morgan fingerprint density at radius 2 is 1.96 bits per heavy atom. The zero-order chi connectivity index (χ0) is 19.5. The molecule has 1 atom stereocenters. The second-order valence-corrected chi connectivity index (χ2v) is 7.12. The maximum Gasteiger partial charge on any atom is 0.260 e. The molecule has 1 aromatic heterocycles. The summed E-state index contributed by atoms with van der Waals surface area (Å²) in [4.78, 5) is 19.2. The van der Waals surface area contributed by atoms with Crippen LogP contribution < -0.4 is 10.2 Å². The van der Waals surface area contributed by atoms with E-state index in [2.05, 4.69) is 23.3 Å². The van der Waals surface area contributed by atoms with E-state index in [-0.39, 0.29) is 17.8 Å². The predicted octanol–water partition coefficient (Wildman–Crippen LogP) is 4.47. The lowest BCUT2D eigenvalue weighted by molar-refractivity contribution is 0.0981. The number of hydrogen-bond donors (Lipinski definition) is 1. The molecule has 0 saturated heterocycles.